The topological polar surface area (TPSA) is 65.7 Å². The molecular formula is C26H28F2N2O2. The predicted molar refractivity (Wildman–Crippen MR) is 124 cm³/mol. The van der Waals surface area contributed by atoms with Crippen molar-refractivity contribution in [3.8, 4) is 0 Å². The molecule has 0 radical (unpaired) electrons. The fourth-order valence-corrected chi connectivity index (χ4v) is 3.62. The molecule has 0 saturated heterocycles. The number of aromatic amines is 2. The Morgan fingerprint density at radius 3 is 1.53 bits per heavy atom. The van der Waals surface area contributed by atoms with Crippen LogP contribution in [0.15, 0.2) is 48.8 Å². The number of aryl methyl sites for hydroxylation is 2. The van der Waals surface area contributed by atoms with E-state index in [1.54, 1.807) is 12.1 Å². The number of H-pyrrole nitrogens is 2. The van der Waals surface area contributed by atoms with Gasteiger partial charge in [0.05, 0.1) is 0 Å². The maximum atomic E-state index is 13.1. The fourth-order valence-electron chi connectivity index (χ4n) is 3.62. The number of hydrogen-bond acceptors (Lipinski definition) is 2. The van der Waals surface area contributed by atoms with Crippen molar-refractivity contribution >= 4 is 34.4 Å². The lowest BCUT2D eigenvalue weighted by molar-refractivity contribution is -0.111. The molecule has 2 heterocycles. The standard InChI is InChI=1S/2C13H14FNO/c2*1-9(8-16)2-3-10-7-15-13-5-4-11(14)6-12(10)13/h2*4-9,15H,2-3H2,1H3/t2*9-/m10/s1. The Morgan fingerprint density at radius 2 is 1.16 bits per heavy atom. The smallest absolute Gasteiger partial charge is 0.123 e. The molecular weight excluding hydrogens is 410 g/mol. The summed E-state index contributed by atoms with van der Waals surface area (Å²) in [6.45, 7) is 3.78. The van der Waals surface area contributed by atoms with E-state index in [0.29, 0.717) is 0 Å². The van der Waals surface area contributed by atoms with Gasteiger partial charge in [-0.05, 0) is 73.2 Å². The Balaban J connectivity index is 0.000000181. The quantitative estimate of drug-likeness (QED) is 0.324. The van der Waals surface area contributed by atoms with E-state index < -0.39 is 0 Å². The zero-order valence-electron chi connectivity index (χ0n) is 18.3. The Kier molecular flexibility index (Phi) is 7.92. The van der Waals surface area contributed by atoms with Gasteiger partial charge in [0.2, 0.25) is 0 Å². The van der Waals surface area contributed by atoms with Gasteiger partial charge in [-0.25, -0.2) is 8.78 Å². The number of halogens is 2. The molecule has 0 aliphatic carbocycles. The Hall–Kier alpha value is -3.28. The number of aldehydes is 2. The fraction of sp³-hybridized carbons (Fsp3) is 0.308. The minimum absolute atomic E-state index is 0.0542. The highest BCUT2D eigenvalue weighted by molar-refractivity contribution is 5.84. The minimum atomic E-state index is -0.225. The third kappa shape index (κ3) is 5.90. The van der Waals surface area contributed by atoms with Crippen LogP contribution < -0.4 is 0 Å². The third-order valence-electron chi connectivity index (χ3n) is 5.66. The number of rotatable bonds is 8. The summed E-state index contributed by atoms with van der Waals surface area (Å²) in [5, 5.41) is 1.83. The van der Waals surface area contributed by atoms with Gasteiger partial charge in [0.1, 0.15) is 24.2 Å². The van der Waals surface area contributed by atoms with Crippen LogP contribution in [0.4, 0.5) is 8.78 Å². The lowest BCUT2D eigenvalue weighted by Crippen LogP contribution is -1.97. The van der Waals surface area contributed by atoms with E-state index in [2.05, 4.69) is 9.97 Å². The monoisotopic (exact) mass is 438 g/mol. The average Bonchev–Trinajstić information content (AvgIpc) is 3.39. The minimum Gasteiger partial charge on any atom is -0.361 e. The van der Waals surface area contributed by atoms with Gasteiger partial charge in [0.15, 0.2) is 0 Å². The number of aromatic nitrogens is 2. The summed E-state index contributed by atoms with van der Waals surface area (Å²) >= 11 is 0. The first-order valence-corrected chi connectivity index (χ1v) is 10.8. The SMILES string of the molecule is C[C@@H](C=O)CCc1c[nH]c2ccc(F)cc12.C[C@H](C=O)CCc1c[nH]c2ccc(F)cc12. The normalized spacial score (nSPS) is 12.9. The summed E-state index contributed by atoms with van der Waals surface area (Å²) in [5.41, 5.74) is 4.02. The average molecular weight is 439 g/mol. The van der Waals surface area contributed by atoms with Crippen molar-refractivity contribution in [3.63, 3.8) is 0 Å². The molecule has 0 bridgehead atoms. The molecule has 32 heavy (non-hydrogen) atoms. The number of benzene rings is 2. The van der Waals surface area contributed by atoms with Crippen molar-refractivity contribution in [3.05, 3.63) is 71.6 Å². The van der Waals surface area contributed by atoms with Crippen LogP contribution in [0.5, 0.6) is 0 Å². The summed E-state index contributed by atoms with van der Waals surface area (Å²) < 4.78 is 26.2. The molecule has 0 aliphatic rings. The first kappa shape index (κ1) is 23.4. The lowest BCUT2D eigenvalue weighted by atomic mass is 10.0. The highest BCUT2D eigenvalue weighted by atomic mass is 19.1. The predicted octanol–water partition coefficient (Wildman–Crippen LogP) is 6.15. The van der Waals surface area contributed by atoms with Gasteiger partial charge in [-0.2, -0.15) is 0 Å². The maximum absolute atomic E-state index is 13.1. The van der Waals surface area contributed by atoms with E-state index in [1.165, 1.54) is 24.3 Å². The number of fused-ring (bicyclic) bond motifs is 2. The van der Waals surface area contributed by atoms with Gasteiger partial charge in [0.25, 0.3) is 0 Å². The Bertz CT molecular complexity index is 1100. The van der Waals surface area contributed by atoms with Gasteiger partial charge in [-0.3, -0.25) is 0 Å². The molecule has 0 amide bonds. The number of carbonyl (C=O) groups excluding carboxylic acids is 2. The van der Waals surface area contributed by atoms with Gasteiger partial charge in [-0.1, -0.05) is 13.8 Å². The molecule has 6 heteroatoms. The molecule has 2 aromatic carbocycles. The molecule has 4 rings (SSSR count). The van der Waals surface area contributed by atoms with Crippen molar-refractivity contribution in [1.29, 1.82) is 0 Å². The van der Waals surface area contributed by atoms with Crippen LogP contribution in [0, 0.1) is 23.5 Å². The molecule has 4 nitrogen and oxygen atoms in total. The first-order valence-electron chi connectivity index (χ1n) is 10.8. The van der Waals surface area contributed by atoms with Crippen molar-refractivity contribution in [2.75, 3.05) is 0 Å². The van der Waals surface area contributed by atoms with Crippen LogP contribution in [0.25, 0.3) is 21.8 Å². The van der Waals surface area contributed by atoms with Gasteiger partial charge in [0, 0.05) is 46.0 Å². The highest BCUT2D eigenvalue weighted by Gasteiger charge is 2.08. The molecule has 0 aliphatic heterocycles. The van der Waals surface area contributed by atoms with Crippen molar-refractivity contribution in [1.82, 2.24) is 9.97 Å². The van der Waals surface area contributed by atoms with Gasteiger partial charge >= 0.3 is 0 Å². The molecule has 2 aromatic heterocycles. The van der Waals surface area contributed by atoms with Crippen LogP contribution in [-0.4, -0.2) is 22.5 Å². The third-order valence-corrected chi connectivity index (χ3v) is 5.66. The van der Waals surface area contributed by atoms with Crippen molar-refractivity contribution in [2.45, 2.75) is 39.5 Å². The molecule has 0 saturated carbocycles. The van der Waals surface area contributed by atoms with E-state index in [0.717, 1.165) is 71.2 Å². The van der Waals surface area contributed by atoms with Crippen molar-refractivity contribution in [2.24, 2.45) is 11.8 Å². The van der Waals surface area contributed by atoms with Gasteiger partial charge < -0.3 is 19.6 Å². The van der Waals surface area contributed by atoms with Crippen molar-refractivity contribution < 1.29 is 18.4 Å². The Labute approximate surface area is 186 Å². The van der Waals surface area contributed by atoms with E-state index in [4.69, 9.17) is 0 Å². The number of carbonyl (C=O) groups is 2. The van der Waals surface area contributed by atoms with Crippen LogP contribution in [-0.2, 0) is 22.4 Å². The summed E-state index contributed by atoms with van der Waals surface area (Å²) in [7, 11) is 0. The van der Waals surface area contributed by atoms with Crippen LogP contribution in [0.1, 0.15) is 37.8 Å². The molecule has 0 spiro atoms. The van der Waals surface area contributed by atoms with Crippen LogP contribution in [0.2, 0.25) is 0 Å². The van der Waals surface area contributed by atoms with E-state index in [9.17, 15) is 18.4 Å². The first-order chi connectivity index (χ1) is 15.4. The Morgan fingerprint density at radius 1 is 0.750 bits per heavy atom. The maximum Gasteiger partial charge on any atom is 0.123 e. The van der Waals surface area contributed by atoms with E-state index >= 15 is 0 Å². The summed E-state index contributed by atoms with van der Waals surface area (Å²) in [5.74, 6) is -0.342. The molecule has 0 unspecified atom stereocenters. The largest absolute Gasteiger partial charge is 0.361 e. The van der Waals surface area contributed by atoms with E-state index in [-0.39, 0.29) is 23.5 Å². The second-order valence-electron chi connectivity index (χ2n) is 8.31. The zero-order valence-corrected chi connectivity index (χ0v) is 18.3. The molecule has 168 valence electrons. The molecule has 2 N–H and O–H groups in total. The van der Waals surface area contributed by atoms with Crippen LogP contribution >= 0.6 is 0 Å². The van der Waals surface area contributed by atoms with E-state index in [1.807, 2.05) is 26.2 Å². The second kappa shape index (κ2) is 10.8. The highest BCUT2D eigenvalue weighted by Crippen LogP contribution is 2.22. The van der Waals surface area contributed by atoms with Gasteiger partial charge in [-0.15, -0.1) is 0 Å². The lowest BCUT2D eigenvalue weighted by Gasteiger charge is -2.02. The van der Waals surface area contributed by atoms with Crippen LogP contribution in [0.3, 0.4) is 0 Å². The summed E-state index contributed by atoms with van der Waals surface area (Å²) in [6.07, 6.45) is 8.88. The molecule has 2 atom stereocenters. The summed E-state index contributed by atoms with van der Waals surface area (Å²) in [4.78, 5) is 27.2. The molecule has 0 fully saturated rings. The second-order valence-corrected chi connectivity index (χ2v) is 8.31. The number of hydrogen-bond donors (Lipinski definition) is 2. The number of nitrogens with one attached hydrogen (secondary N) is 2. The summed E-state index contributed by atoms with van der Waals surface area (Å²) in [6, 6.07) is 9.42. The zero-order chi connectivity index (χ0) is 23.1. The molecule has 4 aromatic rings.